The number of rotatable bonds is 2. The lowest BCUT2D eigenvalue weighted by atomic mass is 9.97. The highest BCUT2D eigenvalue weighted by atomic mass is 19.3. The lowest BCUT2D eigenvalue weighted by molar-refractivity contribution is -0.152. The second kappa shape index (κ2) is 3.73. The van der Waals surface area contributed by atoms with E-state index in [1.165, 1.54) is 0 Å². The normalized spacial score (nSPS) is 26.3. The molecule has 2 N–H and O–H groups in total. The van der Waals surface area contributed by atoms with Crippen molar-refractivity contribution in [1.82, 2.24) is 0 Å². The number of carboxylic acid groups (broad SMARTS) is 2. The number of allylic oxidation sites excluding steroid dienone is 1. The number of aliphatic carboxylic acids is 2. The van der Waals surface area contributed by atoms with Crippen LogP contribution in [0.4, 0.5) is 8.78 Å². The second-order valence-corrected chi connectivity index (χ2v) is 3.16. The van der Waals surface area contributed by atoms with Crippen molar-refractivity contribution in [3.63, 3.8) is 0 Å². The summed E-state index contributed by atoms with van der Waals surface area (Å²) in [4.78, 5) is 21.1. The van der Waals surface area contributed by atoms with Crippen molar-refractivity contribution >= 4 is 11.9 Å². The van der Waals surface area contributed by atoms with E-state index in [4.69, 9.17) is 10.2 Å². The Bertz CT molecular complexity index is 282. The van der Waals surface area contributed by atoms with Crippen molar-refractivity contribution in [2.75, 3.05) is 0 Å². The topological polar surface area (TPSA) is 74.6 Å². The molecule has 1 fully saturated rings. The van der Waals surface area contributed by atoms with Crippen LogP contribution in [0.25, 0.3) is 0 Å². The molecular formula is C8H8F2O4. The van der Waals surface area contributed by atoms with E-state index in [0.717, 1.165) is 0 Å². The Hall–Kier alpha value is -1.46. The summed E-state index contributed by atoms with van der Waals surface area (Å²) in [5, 5.41) is 17.2. The van der Waals surface area contributed by atoms with Crippen molar-refractivity contribution in [2.45, 2.75) is 12.8 Å². The van der Waals surface area contributed by atoms with Crippen LogP contribution in [0.1, 0.15) is 12.8 Å². The molecule has 0 radical (unpaired) electrons. The second-order valence-electron chi connectivity index (χ2n) is 3.16. The standard InChI is InChI=1S/C8H8F2O4/c9-6(10)3-1-4(7(11)12)5(2-3)8(13)14/h4-5H,1-2H2,(H,11,12)(H,13,14). The summed E-state index contributed by atoms with van der Waals surface area (Å²) >= 11 is 0. The van der Waals surface area contributed by atoms with Gasteiger partial charge in [-0.15, -0.1) is 0 Å². The Morgan fingerprint density at radius 1 is 1.07 bits per heavy atom. The molecule has 0 aromatic rings. The summed E-state index contributed by atoms with van der Waals surface area (Å²) in [6, 6.07) is 0. The molecule has 0 amide bonds. The van der Waals surface area contributed by atoms with Crippen molar-refractivity contribution in [2.24, 2.45) is 11.8 Å². The van der Waals surface area contributed by atoms with Crippen molar-refractivity contribution in [3.8, 4) is 0 Å². The highest BCUT2D eigenvalue weighted by Gasteiger charge is 2.41. The molecule has 14 heavy (non-hydrogen) atoms. The number of hydrogen-bond donors (Lipinski definition) is 2. The zero-order chi connectivity index (χ0) is 10.9. The van der Waals surface area contributed by atoms with Crippen molar-refractivity contribution in [1.29, 1.82) is 0 Å². The van der Waals surface area contributed by atoms with Crippen LogP contribution in [0.2, 0.25) is 0 Å². The molecule has 6 heteroatoms. The van der Waals surface area contributed by atoms with Gasteiger partial charge in [0.1, 0.15) is 0 Å². The molecule has 78 valence electrons. The summed E-state index contributed by atoms with van der Waals surface area (Å²) in [5.74, 6) is -5.14. The Morgan fingerprint density at radius 3 is 1.64 bits per heavy atom. The Kier molecular flexibility index (Phi) is 2.83. The quantitative estimate of drug-likeness (QED) is 0.714. The molecule has 0 spiro atoms. The fourth-order valence-electron chi connectivity index (χ4n) is 1.57. The van der Waals surface area contributed by atoms with Gasteiger partial charge in [-0.05, 0) is 18.4 Å². The van der Waals surface area contributed by atoms with Gasteiger partial charge in [0.05, 0.1) is 11.8 Å². The Balaban J connectivity index is 2.92. The summed E-state index contributed by atoms with van der Waals surface area (Å²) in [6.07, 6.45) is -2.69. The van der Waals surface area contributed by atoms with E-state index < -0.39 is 29.9 Å². The molecule has 0 heterocycles. The molecular weight excluding hydrogens is 198 g/mol. The summed E-state index contributed by atoms with van der Waals surface area (Å²) < 4.78 is 24.2. The predicted molar refractivity (Wildman–Crippen MR) is 40.7 cm³/mol. The summed E-state index contributed by atoms with van der Waals surface area (Å²) in [7, 11) is 0. The highest BCUT2D eigenvalue weighted by Crippen LogP contribution is 2.38. The van der Waals surface area contributed by atoms with E-state index in [9.17, 15) is 18.4 Å². The van der Waals surface area contributed by atoms with Gasteiger partial charge in [0, 0.05) is 0 Å². The van der Waals surface area contributed by atoms with Gasteiger partial charge in [0.25, 0.3) is 6.08 Å². The lowest BCUT2D eigenvalue weighted by Gasteiger charge is -2.08. The third-order valence-corrected chi connectivity index (χ3v) is 2.32. The van der Waals surface area contributed by atoms with E-state index in [1.54, 1.807) is 0 Å². The van der Waals surface area contributed by atoms with Gasteiger partial charge >= 0.3 is 11.9 Å². The van der Waals surface area contributed by atoms with E-state index in [2.05, 4.69) is 0 Å². The maximum Gasteiger partial charge on any atom is 0.307 e. The van der Waals surface area contributed by atoms with Crippen LogP contribution in [0.5, 0.6) is 0 Å². The van der Waals surface area contributed by atoms with Gasteiger partial charge in [0.15, 0.2) is 0 Å². The first-order chi connectivity index (χ1) is 6.43. The molecule has 0 aromatic heterocycles. The van der Waals surface area contributed by atoms with E-state index in [-0.39, 0.29) is 18.4 Å². The molecule has 2 unspecified atom stereocenters. The smallest absolute Gasteiger partial charge is 0.307 e. The van der Waals surface area contributed by atoms with Crippen LogP contribution < -0.4 is 0 Å². The van der Waals surface area contributed by atoms with E-state index in [1.807, 2.05) is 0 Å². The van der Waals surface area contributed by atoms with Crippen LogP contribution in [0.3, 0.4) is 0 Å². The number of carbonyl (C=O) groups is 2. The molecule has 1 aliphatic carbocycles. The predicted octanol–water partition coefficient (Wildman–Crippen LogP) is 1.33. The minimum absolute atomic E-state index is 0.357. The number of hydrogen-bond acceptors (Lipinski definition) is 2. The van der Waals surface area contributed by atoms with Crippen molar-refractivity contribution < 1.29 is 28.6 Å². The molecule has 1 aliphatic rings. The Labute approximate surface area is 77.8 Å². The van der Waals surface area contributed by atoms with E-state index >= 15 is 0 Å². The van der Waals surface area contributed by atoms with Crippen LogP contribution in [0, 0.1) is 11.8 Å². The molecule has 4 nitrogen and oxygen atoms in total. The van der Waals surface area contributed by atoms with Gasteiger partial charge in [-0.2, -0.15) is 8.78 Å². The van der Waals surface area contributed by atoms with Gasteiger partial charge in [-0.25, -0.2) is 0 Å². The molecule has 0 aromatic carbocycles. The zero-order valence-corrected chi connectivity index (χ0v) is 7.04. The Morgan fingerprint density at radius 2 is 1.43 bits per heavy atom. The zero-order valence-electron chi connectivity index (χ0n) is 7.04. The maximum atomic E-state index is 12.1. The molecule has 2 atom stereocenters. The fourth-order valence-corrected chi connectivity index (χ4v) is 1.57. The molecule has 0 aliphatic heterocycles. The summed E-state index contributed by atoms with van der Waals surface area (Å²) in [5.41, 5.74) is -0.357. The van der Waals surface area contributed by atoms with Gasteiger partial charge < -0.3 is 10.2 Å². The number of carboxylic acids is 2. The van der Waals surface area contributed by atoms with Crippen LogP contribution in [-0.4, -0.2) is 22.2 Å². The third kappa shape index (κ3) is 1.89. The molecule has 0 saturated heterocycles. The maximum absolute atomic E-state index is 12.1. The van der Waals surface area contributed by atoms with Gasteiger partial charge in [0.2, 0.25) is 0 Å². The highest BCUT2D eigenvalue weighted by molar-refractivity contribution is 5.81. The first-order valence-electron chi connectivity index (χ1n) is 3.92. The minimum Gasteiger partial charge on any atom is -0.481 e. The minimum atomic E-state index is -1.96. The van der Waals surface area contributed by atoms with E-state index in [0.29, 0.717) is 0 Å². The molecule has 1 saturated carbocycles. The van der Waals surface area contributed by atoms with Crippen LogP contribution >= 0.6 is 0 Å². The number of halogens is 2. The van der Waals surface area contributed by atoms with Crippen molar-refractivity contribution in [3.05, 3.63) is 11.7 Å². The van der Waals surface area contributed by atoms with Gasteiger partial charge in [-0.1, -0.05) is 0 Å². The van der Waals surface area contributed by atoms with Crippen LogP contribution in [-0.2, 0) is 9.59 Å². The molecule has 1 rings (SSSR count). The SMILES string of the molecule is O=C(O)C1CC(=C(F)F)CC1C(=O)O. The largest absolute Gasteiger partial charge is 0.481 e. The first kappa shape index (κ1) is 10.6. The third-order valence-electron chi connectivity index (χ3n) is 2.32. The van der Waals surface area contributed by atoms with Crippen LogP contribution in [0.15, 0.2) is 11.7 Å². The van der Waals surface area contributed by atoms with Gasteiger partial charge in [-0.3, -0.25) is 9.59 Å². The monoisotopic (exact) mass is 206 g/mol. The fraction of sp³-hybridized carbons (Fsp3) is 0.500. The lowest BCUT2D eigenvalue weighted by Crippen LogP contribution is -2.24. The average Bonchev–Trinajstić information content (AvgIpc) is 2.47. The average molecular weight is 206 g/mol. The summed E-state index contributed by atoms with van der Waals surface area (Å²) in [6.45, 7) is 0. The molecule has 0 bridgehead atoms. The first-order valence-corrected chi connectivity index (χ1v) is 3.92.